The largest absolute Gasteiger partial charge is 0.396 e. The number of hydrogen-bond donors (Lipinski definition) is 3. The Morgan fingerprint density at radius 2 is 2.11 bits per heavy atom. The molecule has 94 valence electrons. The van der Waals surface area contributed by atoms with Crippen LogP contribution in [-0.2, 0) is 0 Å². The second-order valence-electron chi connectivity index (χ2n) is 5.02. The zero-order chi connectivity index (χ0) is 12.6. The normalized spacial score (nSPS) is 17.4. The van der Waals surface area contributed by atoms with Gasteiger partial charge in [-0.15, -0.1) is 0 Å². The quantitative estimate of drug-likeness (QED) is 0.772. The molecule has 18 heavy (non-hydrogen) atoms. The molecule has 1 fully saturated rings. The molecule has 0 atom stereocenters. The van der Waals surface area contributed by atoms with Crippen molar-refractivity contribution in [2.24, 2.45) is 0 Å². The SMILES string of the molecule is Nc1cnc2ccccc2c1NC1(CO)CCC1. The lowest BCUT2D eigenvalue weighted by Crippen LogP contribution is -2.48. The van der Waals surface area contributed by atoms with Gasteiger partial charge >= 0.3 is 0 Å². The average Bonchev–Trinajstić information content (AvgIpc) is 2.36. The van der Waals surface area contributed by atoms with Gasteiger partial charge < -0.3 is 16.2 Å². The van der Waals surface area contributed by atoms with Crippen molar-refractivity contribution in [1.82, 2.24) is 4.98 Å². The molecule has 0 radical (unpaired) electrons. The molecular weight excluding hydrogens is 226 g/mol. The van der Waals surface area contributed by atoms with Crippen molar-refractivity contribution in [2.75, 3.05) is 17.7 Å². The predicted octanol–water partition coefficient (Wildman–Crippen LogP) is 2.14. The highest BCUT2D eigenvalue weighted by Crippen LogP contribution is 2.38. The van der Waals surface area contributed by atoms with Crippen molar-refractivity contribution in [3.8, 4) is 0 Å². The molecule has 0 amide bonds. The van der Waals surface area contributed by atoms with Crippen molar-refractivity contribution in [2.45, 2.75) is 24.8 Å². The molecule has 1 aliphatic rings. The number of benzene rings is 1. The van der Waals surface area contributed by atoms with Gasteiger partial charge in [0.25, 0.3) is 0 Å². The van der Waals surface area contributed by atoms with Crippen molar-refractivity contribution >= 4 is 22.3 Å². The summed E-state index contributed by atoms with van der Waals surface area (Å²) in [6.45, 7) is 0.142. The molecule has 0 unspecified atom stereocenters. The molecule has 4 N–H and O–H groups in total. The Morgan fingerprint density at radius 3 is 2.78 bits per heavy atom. The molecule has 0 bridgehead atoms. The van der Waals surface area contributed by atoms with Crippen LogP contribution >= 0.6 is 0 Å². The molecule has 0 spiro atoms. The third-order valence-electron chi connectivity index (χ3n) is 3.81. The van der Waals surface area contributed by atoms with E-state index in [9.17, 15) is 5.11 Å². The maximum absolute atomic E-state index is 9.54. The molecule has 4 nitrogen and oxygen atoms in total. The Bertz CT molecular complexity index is 573. The number of nitrogen functional groups attached to an aromatic ring is 1. The van der Waals surface area contributed by atoms with Crippen LogP contribution in [0.2, 0.25) is 0 Å². The predicted molar refractivity (Wildman–Crippen MR) is 73.4 cm³/mol. The summed E-state index contributed by atoms with van der Waals surface area (Å²) in [6, 6.07) is 7.90. The molecule has 1 aromatic heterocycles. The molecule has 4 heteroatoms. The Labute approximate surface area is 106 Å². The van der Waals surface area contributed by atoms with Gasteiger partial charge in [-0.25, -0.2) is 0 Å². The number of nitrogens with two attached hydrogens (primary N) is 1. The lowest BCUT2D eigenvalue weighted by molar-refractivity contribution is 0.144. The van der Waals surface area contributed by atoms with E-state index in [1.54, 1.807) is 6.20 Å². The number of aliphatic hydroxyl groups is 1. The summed E-state index contributed by atoms with van der Waals surface area (Å²) in [5.74, 6) is 0. The molecular formula is C14H17N3O. The Morgan fingerprint density at radius 1 is 1.33 bits per heavy atom. The molecule has 0 aliphatic heterocycles. The number of nitrogens with one attached hydrogen (secondary N) is 1. The van der Waals surface area contributed by atoms with Crippen LogP contribution in [0, 0.1) is 0 Å². The number of hydrogen-bond acceptors (Lipinski definition) is 4. The van der Waals surface area contributed by atoms with Gasteiger partial charge in [-0.1, -0.05) is 18.2 Å². The van der Waals surface area contributed by atoms with Gasteiger partial charge in [0.15, 0.2) is 0 Å². The highest BCUT2D eigenvalue weighted by atomic mass is 16.3. The van der Waals surface area contributed by atoms with Crippen LogP contribution in [0.5, 0.6) is 0 Å². The van der Waals surface area contributed by atoms with Gasteiger partial charge in [0.1, 0.15) is 0 Å². The van der Waals surface area contributed by atoms with E-state index in [1.165, 1.54) is 0 Å². The Kier molecular flexibility index (Phi) is 2.59. The number of fused-ring (bicyclic) bond motifs is 1. The summed E-state index contributed by atoms with van der Waals surface area (Å²) in [5, 5.41) is 14.0. The molecule has 2 aromatic rings. The summed E-state index contributed by atoms with van der Waals surface area (Å²) in [6.07, 6.45) is 4.80. The number of aliphatic hydroxyl groups excluding tert-OH is 1. The minimum Gasteiger partial charge on any atom is -0.396 e. The van der Waals surface area contributed by atoms with E-state index in [2.05, 4.69) is 10.3 Å². The molecule has 0 saturated heterocycles. The number of nitrogens with zero attached hydrogens (tertiary/aromatic N) is 1. The van der Waals surface area contributed by atoms with Crippen molar-refractivity contribution in [1.29, 1.82) is 0 Å². The number of aromatic nitrogens is 1. The molecule has 1 saturated carbocycles. The van der Waals surface area contributed by atoms with Crippen LogP contribution in [0.4, 0.5) is 11.4 Å². The Hall–Kier alpha value is -1.81. The fourth-order valence-electron chi connectivity index (χ4n) is 2.49. The van der Waals surface area contributed by atoms with Crippen LogP contribution in [-0.4, -0.2) is 22.2 Å². The summed E-state index contributed by atoms with van der Waals surface area (Å²) in [4.78, 5) is 4.31. The molecule has 1 aliphatic carbocycles. The van der Waals surface area contributed by atoms with Crippen LogP contribution in [0.3, 0.4) is 0 Å². The van der Waals surface area contributed by atoms with Gasteiger partial charge in [-0.3, -0.25) is 4.98 Å². The summed E-state index contributed by atoms with van der Waals surface area (Å²) < 4.78 is 0. The third kappa shape index (κ3) is 1.69. The van der Waals surface area contributed by atoms with Crippen LogP contribution in [0.25, 0.3) is 10.9 Å². The van der Waals surface area contributed by atoms with Crippen LogP contribution in [0.15, 0.2) is 30.5 Å². The van der Waals surface area contributed by atoms with Crippen LogP contribution in [0.1, 0.15) is 19.3 Å². The van der Waals surface area contributed by atoms with Gasteiger partial charge in [0.05, 0.1) is 35.2 Å². The topological polar surface area (TPSA) is 71.2 Å². The second kappa shape index (κ2) is 4.14. The lowest BCUT2D eigenvalue weighted by Gasteiger charge is -2.42. The molecule has 1 heterocycles. The summed E-state index contributed by atoms with van der Waals surface area (Å²) in [5.41, 5.74) is 8.27. The fourth-order valence-corrected chi connectivity index (χ4v) is 2.49. The van der Waals surface area contributed by atoms with E-state index in [0.29, 0.717) is 5.69 Å². The summed E-state index contributed by atoms with van der Waals surface area (Å²) >= 11 is 0. The minimum absolute atomic E-state index is 0.142. The Balaban J connectivity index is 2.07. The third-order valence-corrected chi connectivity index (χ3v) is 3.81. The van der Waals surface area contributed by atoms with Gasteiger partial charge in [-0.2, -0.15) is 0 Å². The van der Waals surface area contributed by atoms with E-state index >= 15 is 0 Å². The van der Waals surface area contributed by atoms with E-state index < -0.39 is 0 Å². The second-order valence-corrected chi connectivity index (χ2v) is 5.02. The first-order valence-corrected chi connectivity index (χ1v) is 6.26. The first kappa shape index (κ1) is 11.3. The monoisotopic (exact) mass is 243 g/mol. The first-order chi connectivity index (χ1) is 8.74. The molecule has 1 aromatic carbocycles. The van der Waals surface area contributed by atoms with Gasteiger partial charge in [0.2, 0.25) is 0 Å². The van der Waals surface area contributed by atoms with E-state index in [4.69, 9.17) is 5.73 Å². The van der Waals surface area contributed by atoms with Crippen molar-refractivity contribution in [3.63, 3.8) is 0 Å². The van der Waals surface area contributed by atoms with Gasteiger partial charge in [0, 0.05) is 5.39 Å². The fraction of sp³-hybridized carbons (Fsp3) is 0.357. The number of pyridine rings is 1. The number of para-hydroxylation sites is 1. The summed E-state index contributed by atoms with van der Waals surface area (Å²) in [7, 11) is 0. The van der Waals surface area contributed by atoms with Crippen molar-refractivity contribution < 1.29 is 5.11 Å². The maximum Gasteiger partial charge on any atom is 0.0743 e. The highest BCUT2D eigenvalue weighted by Gasteiger charge is 2.36. The zero-order valence-corrected chi connectivity index (χ0v) is 10.2. The zero-order valence-electron chi connectivity index (χ0n) is 10.2. The van der Waals surface area contributed by atoms with E-state index in [1.807, 2.05) is 24.3 Å². The van der Waals surface area contributed by atoms with Gasteiger partial charge in [-0.05, 0) is 25.3 Å². The minimum atomic E-state index is -0.196. The number of anilines is 2. The molecule has 3 rings (SSSR count). The lowest BCUT2D eigenvalue weighted by atomic mass is 9.77. The standard InChI is InChI=1S/C14H17N3O/c15-11-8-16-12-5-2-1-4-10(12)13(11)17-14(9-18)6-3-7-14/h1-2,4-5,8,18H,3,6-7,9,15H2,(H,16,17). The smallest absolute Gasteiger partial charge is 0.0743 e. The van der Waals surface area contributed by atoms with E-state index in [0.717, 1.165) is 35.9 Å². The van der Waals surface area contributed by atoms with E-state index in [-0.39, 0.29) is 12.1 Å². The maximum atomic E-state index is 9.54. The number of rotatable bonds is 3. The highest BCUT2D eigenvalue weighted by molar-refractivity contribution is 5.97. The average molecular weight is 243 g/mol. The first-order valence-electron chi connectivity index (χ1n) is 6.26. The van der Waals surface area contributed by atoms with Crippen LogP contribution < -0.4 is 11.1 Å². The van der Waals surface area contributed by atoms with Crippen molar-refractivity contribution in [3.05, 3.63) is 30.5 Å².